The van der Waals surface area contributed by atoms with Crippen LogP contribution in [0.4, 0.5) is 0 Å². The van der Waals surface area contributed by atoms with E-state index >= 15 is 0 Å². The van der Waals surface area contributed by atoms with Crippen LogP contribution in [0, 0.1) is 11.3 Å². The number of allylic oxidation sites excluding steroid dienone is 1. The average Bonchev–Trinajstić information content (AvgIpc) is 2.95. The molecule has 0 amide bonds. The monoisotopic (exact) mass is 496 g/mol. The molecule has 3 aromatic carbocycles. The van der Waals surface area contributed by atoms with Crippen molar-refractivity contribution in [3.05, 3.63) is 107 Å². The number of carbonyl (C=O) groups excluding carboxylic acids is 1. The molecule has 0 saturated heterocycles. The molecule has 1 saturated carbocycles. The van der Waals surface area contributed by atoms with Gasteiger partial charge in [-0.3, -0.25) is 4.79 Å². The lowest BCUT2D eigenvalue weighted by Crippen LogP contribution is -2.33. The molecule has 4 rings (SSSR count). The van der Waals surface area contributed by atoms with Gasteiger partial charge in [-0.25, -0.2) is 0 Å². The van der Waals surface area contributed by atoms with Crippen molar-refractivity contribution in [1.82, 2.24) is 0 Å². The number of hydrogen-bond acceptors (Lipinski definition) is 2. The minimum atomic E-state index is -0.0584. The first-order valence-corrected chi connectivity index (χ1v) is 13.7. The molecule has 0 heterocycles. The van der Waals surface area contributed by atoms with Gasteiger partial charge in [0.25, 0.3) is 0 Å². The minimum Gasteiger partial charge on any atom is -0.508 e. The third-order valence-electron chi connectivity index (χ3n) is 7.09. The van der Waals surface area contributed by atoms with Gasteiger partial charge in [-0.15, -0.1) is 0 Å². The quantitative estimate of drug-likeness (QED) is 0.345. The molecule has 2 heteroatoms. The van der Waals surface area contributed by atoms with Gasteiger partial charge in [0.1, 0.15) is 11.5 Å². The van der Waals surface area contributed by atoms with Gasteiger partial charge >= 0.3 is 0 Å². The van der Waals surface area contributed by atoms with Gasteiger partial charge in [0.15, 0.2) is 0 Å². The van der Waals surface area contributed by atoms with Gasteiger partial charge in [0.05, 0.1) is 0 Å². The number of carbonyl (C=O) groups is 1. The number of aromatic hydroxyl groups is 1. The van der Waals surface area contributed by atoms with Gasteiger partial charge < -0.3 is 5.11 Å². The molecule has 0 aromatic heterocycles. The van der Waals surface area contributed by atoms with Crippen LogP contribution in [0.2, 0.25) is 0 Å². The second-order valence-electron chi connectivity index (χ2n) is 9.60. The van der Waals surface area contributed by atoms with Crippen LogP contribution >= 0.6 is 0 Å². The van der Waals surface area contributed by atoms with Crippen LogP contribution in [0.1, 0.15) is 82.6 Å². The summed E-state index contributed by atoms with van der Waals surface area (Å²) in [5.74, 6) is 1.25. The predicted octanol–water partition coefficient (Wildman–Crippen LogP) is 9.64. The summed E-state index contributed by atoms with van der Waals surface area (Å²) in [5, 5.41) is 9.75. The van der Waals surface area contributed by atoms with Crippen molar-refractivity contribution in [2.75, 3.05) is 0 Å². The van der Waals surface area contributed by atoms with E-state index in [4.69, 9.17) is 0 Å². The highest BCUT2D eigenvalue weighted by atomic mass is 16.3. The standard InChI is InChI=1S/C17H22O.C16H16O.C2H6/c1-3-17(2)12-11-15(13-16(17)18)10-9-14-7-5-4-6-8-14;1-2-15-11-10-14(12-16(15)17)9-8-13-6-4-3-5-7-13;1-2/h4-10,15H,3,11-13H2,1-2H3;3-12,17H,2H2,1H3;1-2H3/b10-9+;9-8+;. The lowest BCUT2D eigenvalue weighted by atomic mass is 9.69. The van der Waals surface area contributed by atoms with Crippen molar-refractivity contribution in [3.63, 3.8) is 0 Å². The molecule has 1 fully saturated rings. The Bertz CT molecular complexity index is 1130. The Morgan fingerprint density at radius 1 is 0.838 bits per heavy atom. The second-order valence-corrected chi connectivity index (χ2v) is 9.60. The van der Waals surface area contributed by atoms with E-state index in [1.54, 1.807) is 6.07 Å². The van der Waals surface area contributed by atoms with Gasteiger partial charge in [0.2, 0.25) is 0 Å². The van der Waals surface area contributed by atoms with E-state index in [0.29, 0.717) is 23.9 Å². The van der Waals surface area contributed by atoms with Crippen molar-refractivity contribution in [2.45, 2.75) is 66.7 Å². The number of aryl methyl sites for hydroxylation is 1. The van der Waals surface area contributed by atoms with Crippen LogP contribution in [0.25, 0.3) is 18.2 Å². The zero-order valence-electron chi connectivity index (χ0n) is 23.3. The van der Waals surface area contributed by atoms with E-state index in [-0.39, 0.29) is 5.41 Å². The van der Waals surface area contributed by atoms with E-state index < -0.39 is 0 Å². The molecule has 1 aliphatic rings. The van der Waals surface area contributed by atoms with Crippen LogP contribution in [-0.2, 0) is 11.2 Å². The first kappa shape index (κ1) is 29.8. The summed E-state index contributed by atoms with van der Waals surface area (Å²) in [7, 11) is 0. The van der Waals surface area contributed by atoms with E-state index in [1.807, 2.05) is 81.5 Å². The molecule has 0 aliphatic heterocycles. The second kappa shape index (κ2) is 15.7. The summed E-state index contributed by atoms with van der Waals surface area (Å²) in [6.07, 6.45) is 13.1. The van der Waals surface area contributed by atoms with E-state index in [1.165, 1.54) is 5.56 Å². The molecule has 2 unspecified atom stereocenters. The van der Waals surface area contributed by atoms with Gasteiger partial charge in [-0.2, -0.15) is 0 Å². The summed E-state index contributed by atoms with van der Waals surface area (Å²) < 4.78 is 0. The summed E-state index contributed by atoms with van der Waals surface area (Å²) in [5.41, 5.74) is 4.32. The number of phenols is 1. The maximum absolute atomic E-state index is 12.1. The van der Waals surface area contributed by atoms with E-state index in [2.05, 4.69) is 50.3 Å². The first-order chi connectivity index (χ1) is 17.9. The molecule has 37 heavy (non-hydrogen) atoms. The molecule has 2 atom stereocenters. The molecular weight excluding hydrogens is 452 g/mol. The number of benzene rings is 3. The normalized spacial score (nSPS) is 19.2. The number of ketones is 1. The third kappa shape index (κ3) is 9.53. The first-order valence-electron chi connectivity index (χ1n) is 13.7. The Hall–Kier alpha value is -3.39. The smallest absolute Gasteiger partial charge is 0.139 e. The molecule has 196 valence electrons. The fourth-order valence-electron chi connectivity index (χ4n) is 4.32. The lowest BCUT2D eigenvalue weighted by Gasteiger charge is -2.34. The highest BCUT2D eigenvalue weighted by molar-refractivity contribution is 5.85. The van der Waals surface area contributed by atoms with Crippen molar-refractivity contribution in [3.8, 4) is 5.75 Å². The van der Waals surface area contributed by atoms with Crippen LogP contribution in [0.3, 0.4) is 0 Å². The SMILES string of the molecule is CC.CCC1(C)CCC(/C=C/c2ccccc2)CC1=O.CCc1ccc(/C=C/c2ccccc2)cc1O. The minimum absolute atomic E-state index is 0.0584. The van der Waals surface area contributed by atoms with Crippen LogP contribution in [-0.4, -0.2) is 10.9 Å². The topological polar surface area (TPSA) is 37.3 Å². The van der Waals surface area contributed by atoms with E-state index in [0.717, 1.165) is 42.4 Å². The van der Waals surface area contributed by atoms with Crippen LogP contribution in [0.5, 0.6) is 5.75 Å². The molecule has 0 spiro atoms. The van der Waals surface area contributed by atoms with Crippen molar-refractivity contribution in [2.24, 2.45) is 11.3 Å². The molecule has 0 radical (unpaired) electrons. The Morgan fingerprint density at radius 3 is 1.92 bits per heavy atom. The Balaban J connectivity index is 0.000000244. The maximum atomic E-state index is 12.1. The molecule has 1 aliphatic carbocycles. The fourth-order valence-corrected chi connectivity index (χ4v) is 4.32. The lowest BCUT2D eigenvalue weighted by molar-refractivity contribution is -0.131. The largest absolute Gasteiger partial charge is 0.508 e. The summed E-state index contributed by atoms with van der Waals surface area (Å²) in [6.45, 7) is 10.3. The van der Waals surface area contributed by atoms with Gasteiger partial charge in [-0.05, 0) is 59.9 Å². The van der Waals surface area contributed by atoms with Crippen molar-refractivity contribution >= 4 is 24.0 Å². The molecular formula is C35H44O2. The number of rotatable bonds is 6. The van der Waals surface area contributed by atoms with Crippen molar-refractivity contribution in [1.29, 1.82) is 0 Å². The van der Waals surface area contributed by atoms with Crippen LogP contribution < -0.4 is 0 Å². The van der Waals surface area contributed by atoms with E-state index in [9.17, 15) is 9.90 Å². The average molecular weight is 497 g/mol. The third-order valence-corrected chi connectivity index (χ3v) is 7.09. The fraction of sp³-hybridized carbons (Fsp3) is 0.343. The Labute approximate surface area is 224 Å². The molecule has 2 nitrogen and oxygen atoms in total. The summed E-state index contributed by atoms with van der Waals surface area (Å²) in [6, 6.07) is 26.2. The van der Waals surface area contributed by atoms with Crippen LogP contribution in [0.15, 0.2) is 84.9 Å². The van der Waals surface area contributed by atoms with Crippen molar-refractivity contribution < 1.29 is 9.90 Å². The highest BCUT2D eigenvalue weighted by Gasteiger charge is 2.36. The number of Topliss-reactive ketones (excluding diaryl/α,β-unsaturated/α-hetero) is 1. The highest BCUT2D eigenvalue weighted by Crippen LogP contribution is 2.38. The molecule has 3 aromatic rings. The molecule has 1 N–H and O–H groups in total. The Kier molecular flexibility index (Phi) is 12.6. The Morgan fingerprint density at radius 2 is 1.41 bits per heavy atom. The maximum Gasteiger partial charge on any atom is 0.139 e. The zero-order valence-corrected chi connectivity index (χ0v) is 23.3. The molecule has 0 bridgehead atoms. The predicted molar refractivity (Wildman–Crippen MR) is 160 cm³/mol. The summed E-state index contributed by atoms with van der Waals surface area (Å²) in [4.78, 5) is 12.1. The number of phenolic OH excluding ortho intramolecular Hbond substituents is 1. The van der Waals surface area contributed by atoms with Gasteiger partial charge in [0, 0.05) is 11.8 Å². The summed E-state index contributed by atoms with van der Waals surface area (Å²) >= 11 is 0. The van der Waals surface area contributed by atoms with Gasteiger partial charge in [-0.1, -0.05) is 132 Å². The number of hydrogen-bond donors (Lipinski definition) is 1. The zero-order chi connectivity index (χ0) is 27.1.